The fraction of sp³-hybridized carbons (Fsp3) is 0.400. The highest BCUT2D eigenvalue weighted by molar-refractivity contribution is 7.89. The molecule has 0 saturated carbocycles. The molecular weight excluding hydrogens is 380 g/mol. The third-order valence-electron chi connectivity index (χ3n) is 4.74. The number of aryl methyl sites for hydroxylation is 1. The van der Waals surface area contributed by atoms with Gasteiger partial charge in [0, 0.05) is 25.5 Å². The van der Waals surface area contributed by atoms with Crippen LogP contribution in [0.15, 0.2) is 53.7 Å². The number of esters is 1. The average molecular weight is 404 g/mol. The van der Waals surface area contributed by atoms with Gasteiger partial charge in [0.05, 0.1) is 5.92 Å². The predicted octanol–water partition coefficient (Wildman–Crippen LogP) is 2.41. The summed E-state index contributed by atoms with van der Waals surface area (Å²) in [6.45, 7) is 2.98. The summed E-state index contributed by atoms with van der Waals surface area (Å²) in [4.78, 5) is 16.3. The van der Waals surface area contributed by atoms with Gasteiger partial charge in [0.1, 0.15) is 23.9 Å². The molecule has 0 unspecified atom stereocenters. The summed E-state index contributed by atoms with van der Waals surface area (Å²) in [5.74, 6) is 0.179. The predicted molar refractivity (Wildman–Crippen MR) is 103 cm³/mol. The van der Waals surface area contributed by atoms with E-state index in [0.29, 0.717) is 12.8 Å². The van der Waals surface area contributed by atoms with Crippen LogP contribution in [0.3, 0.4) is 0 Å². The minimum absolute atomic E-state index is 0.168. The van der Waals surface area contributed by atoms with E-state index in [9.17, 15) is 13.2 Å². The quantitative estimate of drug-likeness (QED) is 0.520. The van der Waals surface area contributed by atoms with Crippen molar-refractivity contribution < 1.29 is 22.7 Å². The summed E-state index contributed by atoms with van der Waals surface area (Å²) < 4.78 is 37.5. The number of pyridine rings is 1. The molecule has 1 aliphatic rings. The summed E-state index contributed by atoms with van der Waals surface area (Å²) in [6.07, 6.45) is 3.75. The van der Waals surface area contributed by atoms with Crippen LogP contribution in [0.4, 0.5) is 0 Å². The molecule has 2 aromatic rings. The molecule has 1 aliphatic heterocycles. The minimum Gasteiger partial charge on any atom is -0.490 e. The number of benzene rings is 1. The van der Waals surface area contributed by atoms with Crippen LogP contribution in [0.2, 0.25) is 0 Å². The van der Waals surface area contributed by atoms with E-state index in [0.717, 1.165) is 11.3 Å². The van der Waals surface area contributed by atoms with E-state index in [4.69, 9.17) is 9.47 Å². The highest BCUT2D eigenvalue weighted by Crippen LogP contribution is 2.24. The van der Waals surface area contributed by atoms with Crippen LogP contribution in [0.25, 0.3) is 0 Å². The van der Waals surface area contributed by atoms with E-state index in [2.05, 4.69) is 4.98 Å². The molecule has 0 aliphatic carbocycles. The Hall–Kier alpha value is -2.45. The molecule has 0 amide bonds. The maximum absolute atomic E-state index is 12.6. The van der Waals surface area contributed by atoms with Crippen LogP contribution in [-0.4, -0.2) is 50.0 Å². The lowest BCUT2D eigenvalue weighted by Gasteiger charge is -2.30. The standard InChI is InChI=1S/C20H24N2O5S/c1-16-5-2-3-7-19(16)26-13-14-27-20(23)17-8-11-22(12-9-17)28(24,25)18-6-4-10-21-15-18/h2-7,10,15,17H,8-9,11-14H2,1H3. The van der Waals surface area contributed by atoms with Crippen molar-refractivity contribution in [2.45, 2.75) is 24.7 Å². The normalized spacial score (nSPS) is 15.9. The zero-order chi connectivity index (χ0) is 20.0. The highest BCUT2D eigenvalue weighted by atomic mass is 32.2. The van der Waals surface area contributed by atoms with Gasteiger partial charge in [-0.05, 0) is 43.5 Å². The van der Waals surface area contributed by atoms with Crippen molar-refractivity contribution in [2.24, 2.45) is 5.92 Å². The maximum atomic E-state index is 12.6. The van der Waals surface area contributed by atoms with Crippen molar-refractivity contribution in [3.8, 4) is 5.75 Å². The molecule has 0 bridgehead atoms. The molecule has 3 rings (SSSR count). The number of nitrogens with zero attached hydrogens (tertiary/aromatic N) is 2. The molecule has 1 fully saturated rings. The zero-order valence-electron chi connectivity index (χ0n) is 15.8. The van der Waals surface area contributed by atoms with Crippen LogP contribution in [0, 0.1) is 12.8 Å². The zero-order valence-corrected chi connectivity index (χ0v) is 16.6. The molecule has 7 nitrogen and oxygen atoms in total. The van der Waals surface area contributed by atoms with Gasteiger partial charge < -0.3 is 9.47 Å². The fourth-order valence-electron chi connectivity index (χ4n) is 3.11. The van der Waals surface area contributed by atoms with Gasteiger partial charge in [-0.1, -0.05) is 18.2 Å². The van der Waals surface area contributed by atoms with Crippen molar-refractivity contribution in [1.29, 1.82) is 0 Å². The van der Waals surface area contributed by atoms with Gasteiger partial charge in [-0.3, -0.25) is 9.78 Å². The number of hydrogen-bond acceptors (Lipinski definition) is 6. The second-order valence-corrected chi connectivity index (χ2v) is 8.59. The Labute approximate surface area is 165 Å². The third kappa shape index (κ3) is 4.88. The molecule has 150 valence electrons. The minimum atomic E-state index is -3.57. The second-order valence-electron chi connectivity index (χ2n) is 6.65. The number of carbonyl (C=O) groups is 1. The van der Waals surface area contributed by atoms with Crippen molar-refractivity contribution in [2.75, 3.05) is 26.3 Å². The number of ether oxygens (including phenoxy) is 2. The molecule has 1 aromatic heterocycles. The van der Waals surface area contributed by atoms with E-state index >= 15 is 0 Å². The van der Waals surface area contributed by atoms with Gasteiger partial charge in [-0.15, -0.1) is 0 Å². The van der Waals surface area contributed by atoms with Crippen LogP contribution in [0.5, 0.6) is 5.75 Å². The summed E-state index contributed by atoms with van der Waals surface area (Å²) in [6, 6.07) is 10.8. The number of piperidine rings is 1. The summed E-state index contributed by atoms with van der Waals surface area (Å²) in [7, 11) is -3.57. The highest BCUT2D eigenvalue weighted by Gasteiger charge is 2.32. The molecule has 2 heterocycles. The van der Waals surface area contributed by atoms with Gasteiger partial charge >= 0.3 is 5.97 Å². The van der Waals surface area contributed by atoms with E-state index in [-0.39, 0.29) is 43.1 Å². The summed E-state index contributed by atoms with van der Waals surface area (Å²) in [5.41, 5.74) is 1.02. The van der Waals surface area contributed by atoms with Gasteiger partial charge in [0.2, 0.25) is 10.0 Å². The maximum Gasteiger partial charge on any atom is 0.309 e. The van der Waals surface area contributed by atoms with Crippen LogP contribution < -0.4 is 4.74 Å². The van der Waals surface area contributed by atoms with Crippen LogP contribution >= 0.6 is 0 Å². The lowest BCUT2D eigenvalue weighted by molar-refractivity contribution is -0.150. The SMILES string of the molecule is Cc1ccccc1OCCOC(=O)C1CCN(S(=O)(=O)c2cccnc2)CC1. The summed E-state index contributed by atoms with van der Waals surface area (Å²) >= 11 is 0. The number of para-hydroxylation sites is 1. The molecule has 1 aromatic carbocycles. The molecule has 8 heteroatoms. The van der Waals surface area contributed by atoms with Gasteiger partial charge in [0.25, 0.3) is 0 Å². The van der Waals surface area contributed by atoms with E-state index in [1.807, 2.05) is 31.2 Å². The molecule has 0 atom stereocenters. The molecule has 0 spiro atoms. The smallest absolute Gasteiger partial charge is 0.309 e. The van der Waals surface area contributed by atoms with Gasteiger partial charge in [0.15, 0.2) is 0 Å². The molecule has 0 radical (unpaired) electrons. The van der Waals surface area contributed by atoms with E-state index in [1.165, 1.54) is 22.8 Å². The van der Waals surface area contributed by atoms with Crippen molar-refractivity contribution in [3.63, 3.8) is 0 Å². The van der Waals surface area contributed by atoms with Crippen LogP contribution in [-0.2, 0) is 19.6 Å². The van der Waals surface area contributed by atoms with Gasteiger partial charge in [-0.2, -0.15) is 4.31 Å². The summed E-state index contributed by atoms with van der Waals surface area (Å²) in [5, 5.41) is 0. The molecule has 0 N–H and O–H groups in total. The Morgan fingerprint density at radius 1 is 1.14 bits per heavy atom. The first-order chi connectivity index (χ1) is 13.5. The van der Waals surface area contributed by atoms with Crippen molar-refractivity contribution in [1.82, 2.24) is 9.29 Å². The average Bonchev–Trinajstić information content (AvgIpc) is 2.73. The molecule has 28 heavy (non-hydrogen) atoms. The Balaban J connectivity index is 1.43. The van der Waals surface area contributed by atoms with E-state index < -0.39 is 10.0 Å². The lowest BCUT2D eigenvalue weighted by Crippen LogP contribution is -2.40. The Bertz CT molecular complexity index is 894. The van der Waals surface area contributed by atoms with Gasteiger partial charge in [-0.25, -0.2) is 8.42 Å². The number of carbonyl (C=O) groups excluding carboxylic acids is 1. The third-order valence-corrected chi connectivity index (χ3v) is 6.62. The molecule has 1 saturated heterocycles. The Morgan fingerprint density at radius 3 is 2.57 bits per heavy atom. The van der Waals surface area contributed by atoms with Crippen molar-refractivity contribution >= 4 is 16.0 Å². The van der Waals surface area contributed by atoms with Crippen molar-refractivity contribution in [3.05, 3.63) is 54.4 Å². The Kier molecular flexibility index (Phi) is 6.64. The van der Waals surface area contributed by atoms with Crippen LogP contribution in [0.1, 0.15) is 18.4 Å². The fourth-order valence-corrected chi connectivity index (χ4v) is 4.54. The number of sulfonamides is 1. The second kappa shape index (κ2) is 9.16. The number of rotatable bonds is 7. The first kappa shape index (κ1) is 20.3. The van der Waals surface area contributed by atoms with E-state index in [1.54, 1.807) is 6.07 Å². The number of hydrogen-bond donors (Lipinski definition) is 0. The Morgan fingerprint density at radius 2 is 1.89 bits per heavy atom. The molecular formula is C20H24N2O5S. The first-order valence-electron chi connectivity index (χ1n) is 9.24. The largest absolute Gasteiger partial charge is 0.490 e. The topological polar surface area (TPSA) is 85.8 Å². The number of aromatic nitrogens is 1. The lowest BCUT2D eigenvalue weighted by atomic mass is 9.98. The first-order valence-corrected chi connectivity index (χ1v) is 10.7. The monoisotopic (exact) mass is 404 g/mol.